The van der Waals surface area contributed by atoms with Crippen molar-refractivity contribution in [2.45, 2.75) is 83.5 Å². The van der Waals surface area contributed by atoms with Gasteiger partial charge in [0.25, 0.3) is 0 Å². The van der Waals surface area contributed by atoms with Crippen molar-refractivity contribution in [3.05, 3.63) is 0 Å². The van der Waals surface area contributed by atoms with Crippen LogP contribution in [0.1, 0.15) is 83.5 Å². The van der Waals surface area contributed by atoms with Crippen LogP contribution in [0.5, 0.6) is 0 Å². The van der Waals surface area contributed by atoms with Crippen molar-refractivity contribution in [3.63, 3.8) is 0 Å². The second-order valence-corrected chi connectivity index (χ2v) is 6.58. The van der Waals surface area contributed by atoms with Gasteiger partial charge in [-0.2, -0.15) is 5.26 Å². The Kier molecular flexibility index (Phi) is 6.05. The molecular formula is C17H29N. The van der Waals surface area contributed by atoms with Gasteiger partial charge < -0.3 is 0 Å². The molecule has 2 saturated carbocycles. The predicted molar refractivity (Wildman–Crippen MR) is 76.1 cm³/mol. The fourth-order valence-electron chi connectivity index (χ4n) is 4.19. The van der Waals surface area contributed by atoms with Crippen LogP contribution < -0.4 is 0 Å². The zero-order valence-corrected chi connectivity index (χ0v) is 11.9. The Bertz CT molecular complexity index is 251. The first-order valence-electron chi connectivity index (χ1n) is 8.27. The molecule has 2 rings (SSSR count). The molecule has 0 aromatic heterocycles. The lowest BCUT2D eigenvalue weighted by Gasteiger charge is -2.36. The van der Waals surface area contributed by atoms with Crippen LogP contribution in [0.3, 0.4) is 0 Å². The first-order chi connectivity index (χ1) is 8.90. The fraction of sp³-hybridized carbons (Fsp3) is 0.941. The molecule has 102 valence electrons. The zero-order chi connectivity index (χ0) is 12.6. The average molecular weight is 247 g/mol. The third-order valence-corrected chi connectivity index (χ3v) is 5.36. The standard InChI is InChI=1S/C17H29N/c18-14-6-2-3-7-15-10-12-17(13-11-15)16-8-4-1-5-9-16/h15-17H,1-13H2. The molecule has 0 unspecified atom stereocenters. The van der Waals surface area contributed by atoms with E-state index in [1.54, 1.807) is 0 Å². The summed E-state index contributed by atoms with van der Waals surface area (Å²) in [7, 11) is 0. The highest BCUT2D eigenvalue weighted by Crippen LogP contribution is 2.40. The number of rotatable bonds is 5. The molecule has 0 N–H and O–H groups in total. The van der Waals surface area contributed by atoms with Gasteiger partial charge in [0.05, 0.1) is 6.07 Å². The van der Waals surface area contributed by atoms with Crippen molar-refractivity contribution >= 4 is 0 Å². The van der Waals surface area contributed by atoms with E-state index >= 15 is 0 Å². The Morgan fingerprint density at radius 3 is 2.11 bits per heavy atom. The molecule has 0 aromatic rings. The van der Waals surface area contributed by atoms with Crippen molar-refractivity contribution in [1.82, 2.24) is 0 Å². The van der Waals surface area contributed by atoms with E-state index in [9.17, 15) is 0 Å². The van der Waals surface area contributed by atoms with Crippen molar-refractivity contribution in [2.24, 2.45) is 17.8 Å². The van der Waals surface area contributed by atoms with Gasteiger partial charge in [-0.15, -0.1) is 0 Å². The summed E-state index contributed by atoms with van der Waals surface area (Å²) in [6.45, 7) is 0. The summed E-state index contributed by atoms with van der Waals surface area (Å²) in [6.07, 6.45) is 18.1. The molecule has 2 aliphatic rings. The van der Waals surface area contributed by atoms with Gasteiger partial charge in [0.1, 0.15) is 0 Å². The van der Waals surface area contributed by atoms with E-state index in [0.717, 1.165) is 30.6 Å². The van der Waals surface area contributed by atoms with Crippen LogP contribution in [0, 0.1) is 29.1 Å². The third-order valence-electron chi connectivity index (χ3n) is 5.36. The third kappa shape index (κ3) is 4.30. The lowest BCUT2D eigenvalue weighted by atomic mass is 9.70. The van der Waals surface area contributed by atoms with Gasteiger partial charge in [0.15, 0.2) is 0 Å². The highest BCUT2D eigenvalue weighted by Gasteiger charge is 2.28. The smallest absolute Gasteiger partial charge is 0.0621 e. The second-order valence-electron chi connectivity index (χ2n) is 6.58. The van der Waals surface area contributed by atoms with Crippen LogP contribution in [0.15, 0.2) is 0 Å². The average Bonchev–Trinajstić information content (AvgIpc) is 2.45. The van der Waals surface area contributed by atoms with Crippen LogP contribution in [-0.2, 0) is 0 Å². The Labute approximate surface area is 113 Å². The van der Waals surface area contributed by atoms with Crippen LogP contribution in [0.2, 0.25) is 0 Å². The molecule has 0 atom stereocenters. The first-order valence-corrected chi connectivity index (χ1v) is 8.27. The van der Waals surface area contributed by atoms with Gasteiger partial charge in [0, 0.05) is 6.42 Å². The Balaban J connectivity index is 1.60. The number of hydrogen-bond acceptors (Lipinski definition) is 1. The van der Waals surface area contributed by atoms with Gasteiger partial charge in [-0.3, -0.25) is 0 Å². The predicted octanol–water partition coefficient (Wildman–Crippen LogP) is 5.46. The largest absolute Gasteiger partial charge is 0.198 e. The summed E-state index contributed by atoms with van der Waals surface area (Å²) >= 11 is 0. The normalized spacial score (nSPS) is 29.9. The lowest BCUT2D eigenvalue weighted by Crippen LogP contribution is -2.23. The Morgan fingerprint density at radius 2 is 1.44 bits per heavy atom. The minimum atomic E-state index is 0.761. The molecule has 1 nitrogen and oxygen atoms in total. The van der Waals surface area contributed by atoms with Crippen molar-refractivity contribution in [3.8, 4) is 6.07 Å². The molecule has 18 heavy (non-hydrogen) atoms. The van der Waals surface area contributed by atoms with Gasteiger partial charge >= 0.3 is 0 Å². The molecule has 0 radical (unpaired) electrons. The SMILES string of the molecule is N#CCCCCC1CCC(C2CCCCC2)CC1. The molecule has 0 aromatic carbocycles. The quantitative estimate of drug-likeness (QED) is 0.592. The molecule has 2 fully saturated rings. The number of nitriles is 1. The molecule has 1 heteroatoms. The number of unbranched alkanes of at least 4 members (excludes halogenated alkanes) is 2. The number of nitrogens with zero attached hydrogens (tertiary/aromatic N) is 1. The maximum atomic E-state index is 8.53. The van der Waals surface area contributed by atoms with Crippen molar-refractivity contribution in [2.75, 3.05) is 0 Å². The van der Waals surface area contributed by atoms with Crippen LogP contribution in [0.25, 0.3) is 0 Å². The molecule has 0 amide bonds. The maximum absolute atomic E-state index is 8.53. The zero-order valence-electron chi connectivity index (χ0n) is 11.9. The molecule has 0 spiro atoms. The monoisotopic (exact) mass is 247 g/mol. The summed E-state index contributed by atoms with van der Waals surface area (Å²) in [5.74, 6) is 3.14. The molecular weight excluding hydrogens is 218 g/mol. The van der Waals surface area contributed by atoms with Crippen LogP contribution >= 0.6 is 0 Å². The van der Waals surface area contributed by atoms with Gasteiger partial charge in [-0.05, 0) is 37.0 Å². The van der Waals surface area contributed by atoms with Gasteiger partial charge in [-0.1, -0.05) is 57.8 Å². The minimum absolute atomic E-state index is 0.761. The van der Waals surface area contributed by atoms with E-state index in [1.807, 2.05) is 0 Å². The van der Waals surface area contributed by atoms with E-state index in [0.29, 0.717) is 0 Å². The van der Waals surface area contributed by atoms with Crippen molar-refractivity contribution in [1.29, 1.82) is 5.26 Å². The summed E-state index contributed by atoms with van der Waals surface area (Å²) in [4.78, 5) is 0. The first kappa shape index (κ1) is 13.9. The molecule has 0 heterocycles. The van der Waals surface area contributed by atoms with Gasteiger partial charge in [0.2, 0.25) is 0 Å². The van der Waals surface area contributed by atoms with E-state index in [4.69, 9.17) is 5.26 Å². The van der Waals surface area contributed by atoms with E-state index in [1.165, 1.54) is 70.6 Å². The van der Waals surface area contributed by atoms with E-state index in [2.05, 4.69) is 6.07 Å². The van der Waals surface area contributed by atoms with Gasteiger partial charge in [-0.25, -0.2) is 0 Å². The second kappa shape index (κ2) is 7.82. The van der Waals surface area contributed by atoms with E-state index in [-0.39, 0.29) is 0 Å². The van der Waals surface area contributed by atoms with Crippen LogP contribution in [0.4, 0.5) is 0 Å². The molecule has 0 bridgehead atoms. The lowest BCUT2D eigenvalue weighted by molar-refractivity contribution is 0.162. The van der Waals surface area contributed by atoms with E-state index < -0.39 is 0 Å². The number of hydrogen-bond donors (Lipinski definition) is 0. The highest BCUT2D eigenvalue weighted by molar-refractivity contribution is 4.80. The minimum Gasteiger partial charge on any atom is -0.198 e. The molecule has 0 saturated heterocycles. The Hall–Kier alpha value is -0.510. The summed E-state index contributed by atoms with van der Waals surface area (Å²) < 4.78 is 0. The summed E-state index contributed by atoms with van der Waals surface area (Å²) in [5, 5.41) is 8.53. The highest BCUT2D eigenvalue weighted by atomic mass is 14.3. The van der Waals surface area contributed by atoms with Crippen molar-refractivity contribution < 1.29 is 0 Å². The van der Waals surface area contributed by atoms with Crippen LogP contribution in [-0.4, -0.2) is 0 Å². The molecule has 2 aliphatic carbocycles. The Morgan fingerprint density at radius 1 is 0.778 bits per heavy atom. The topological polar surface area (TPSA) is 23.8 Å². The summed E-state index contributed by atoms with van der Waals surface area (Å²) in [6, 6.07) is 2.26. The molecule has 0 aliphatic heterocycles. The summed E-state index contributed by atoms with van der Waals surface area (Å²) in [5.41, 5.74) is 0. The maximum Gasteiger partial charge on any atom is 0.0621 e. The fourth-order valence-corrected chi connectivity index (χ4v) is 4.19.